The molecule has 15 heavy (non-hydrogen) atoms. The van der Waals surface area contributed by atoms with Crippen molar-refractivity contribution in [1.29, 1.82) is 0 Å². The molecule has 1 heteroatoms. The molecule has 0 atom stereocenters. The third kappa shape index (κ3) is 17.1. The second-order valence-electron chi connectivity index (χ2n) is 4.54. The van der Waals surface area contributed by atoms with Crippen LogP contribution in [-0.4, -0.2) is 0 Å². The van der Waals surface area contributed by atoms with Crippen LogP contribution < -0.4 is 0 Å². The van der Waals surface area contributed by atoms with Gasteiger partial charge in [0.2, 0.25) is 0 Å². The van der Waals surface area contributed by atoms with Crippen molar-refractivity contribution in [2.45, 2.75) is 90.9 Å². The van der Waals surface area contributed by atoms with Gasteiger partial charge in [-0.15, -0.1) is 0 Å². The van der Waals surface area contributed by atoms with Crippen molar-refractivity contribution in [3.63, 3.8) is 0 Å². The van der Waals surface area contributed by atoms with Crippen LogP contribution in [-0.2, 0) is 17.1 Å². The Hall–Kier alpha value is 0.519. The van der Waals surface area contributed by atoms with Crippen molar-refractivity contribution < 1.29 is 17.1 Å². The summed E-state index contributed by atoms with van der Waals surface area (Å²) in [6.45, 7) is 4.57. The SMILES string of the molecule is CCCCCCCCCCCCCC.[Fe+2]. The summed E-state index contributed by atoms with van der Waals surface area (Å²) in [6.07, 6.45) is 17.4. The molecule has 0 nitrogen and oxygen atoms in total. The van der Waals surface area contributed by atoms with Crippen LogP contribution in [0.1, 0.15) is 90.9 Å². The third-order valence-corrected chi connectivity index (χ3v) is 2.96. The Bertz CT molecular complexity index is 79.3. The molecule has 0 aromatic heterocycles. The molecule has 0 spiro atoms. The van der Waals surface area contributed by atoms with E-state index in [1.54, 1.807) is 0 Å². The Balaban J connectivity index is 0. The van der Waals surface area contributed by atoms with Crippen LogP contribution in [0.15, 0.2) is 0 Å². The van der Waals surface area contributed by atoms with Gasteiger partial charge >= 0.3 is 17.1 Å². The van der Waals surface area contributed by atoms with Crippen molar-refractivity contribution >= 4 is 0 Å². The van der Waals surface area contributed by atoms with E-state index in [2.05, 4.69) is 13.8 Å². The molecule has 0 heterocycles. The summed E-state index contributed by atoms with van der Waals surface area (Å²) >= 11 is 0. The molecule has 0 aliphatic carbocycles. The van der Waals surface area contributed by atoms with Gasteiger partial charge in [0.15, 0.2) is 0 Å². The maximum absolute atomic E-state index is 2.29. The monoisotopic (exact) mass is 254 g/mol. The molecule has 0 aliphatic heterocycles. The first-order valence-corrected chi connectivity index (χ1v) is 6.91. The molecule has 0 fully saturated rings. The Morgan fingerprint density at radius 2 is 0.600 bits per heavy atom. The molecule has 0 unspecified atom stereocenters. The minimum absolute atomic E-state index is 0. The van der Waals surface area contributed by atoms with E-state index < -0.39 is 0 Å². The van der Waals surface area contributed by atoms with Crippen LogP contribution in [0.4, 0.5) is 0 Å². The third-order valence-electron chi connectivity index (χ3n) is 2.96. The minimum Gasteiger partial charge on any atom is -0.0654 e. The van der Waals surface area contributed by atoms with Crippen LogP contribution in [0.25, 0.3) is 0 Å². The Morgan fingerprint density at radius 1 is 0.400 bits per heavy atom. The van der Waals surface area contributed by atoms with E-state index in [0.717, 1.165) is 0 Å². The van der Waals surface area contributed by atoms with E-state index in [1.165, 1.54) is 77.0 Å². The van der Waals surface area contributed by atoms with E-state index in [4.69, 9.17) is 0 Å². The number of unbranched alkanes of at least 4 members (excludes halogenated alkanes) is 11. The topological polar surface area (TPSA) is 0 Å². The quantitative estimate of drug-likeness (QED) is 0.327. The van der Waals surface area contributed by atoms with Crippen molar-refractivity contribution in [3.05, 3.63) is 0 Å². The number of hydrogen-bond acceptors (Lipinski definition) is 0. The maximum atomic E-state index is 2.29. The fraction of sp³-hybridized carbons (Fsp3) is 1.00. The molecule has 0 radical (unpaired) electrons. The van der Waals surface area contributed by atoms with Crippen LogP contribution in [0.5, 0.6) is 0 Å². The van der Waals surface area contributed by atoms with Gasteiger partial charge in [0, 0.05) is 0 Å². The fourth-order valence-corrected chi connectivity index (χ4v) is 1.91. The van der Waals surface area contributed by atoms with Crippen molar-refractivity contribution in [2.75, 3.05) is 0 Å². The Morgan fingerprint density at radius 3 is 0.800 bits per heavy atom. The van der Waals surface area contributed by atoms with Crippen molar-refractivity contribution in [1.82, 2.24) is 0 Å². The van der Waals surface area contributed by atoms with Gasteiger partial charge in [-0.05, 0) is 0 Å². The molecule has 0 amide bonds. The van der Waals surface area contributed by atoms with Crippen LogP contribution in [0.3, 0.4) is 0 Å². The van der Waals surface area contributed by atoms with Gasteiger partial charge < -0.3 is 0 Å². The van der Waals surface area contributed by atoms with Crippen molar-refractivity contribution in [2.24, 2.45) is 0 Å². The molecule has 92 valence electrons. The van der Waals surface area contributed by atoms with E-state index >= 15 is 0 Å². The first-order valence-electron chi connectivity index (χ1n) is 6.91. The normalized spacial score (nSPS) is 10.0. The summed E-state index contributed by atoms with van der Waals surface area (Å²) in [5.74, 6) is 0. The minimum atomic E-state index is 0. The average Bonchev–Trinajstić information content (AvgIpc) is 2.21. The van der Waals surface area contributed by atoms with Gasteiger partial charge in [-0.25, -0.2) is 0 Å². The van der Waals surface area contributed by atoms with Gasteiger partial charge in [0.1, 0.15) is 0 Å². The molecular formula is C14H30Fe+2. The molecule has 0 aliphatic rings. The molecule has 0 rings (SSSR count). The summed E-state index contributed by atoms with van der Waals surface area (Å²) in [4.78, 5) is 0. The summed E-state index contributed by atoms with van der Waals surface area (Å²) < 4.78 is 0. The molecule has 0 N–H and O–H groups in total. The number of hydrogen-bond donors (Lipinski definition) is 0. The standard InChI is InChI=1S/C14H30.Fe/c1-3-5-7-9-11-13-14-12-10-8-6-4-2;/h3-14H2,1-2H3;/q;+2. The molecule has 0 aromatic carbocycles. The predicted octanol–water partition coefficient (Wildman–Crippen LogP) is 5.70. The molecule has 0 bridgehead atoms. The van der Waals surface area contributed by atoms with Gasteiger partial charge in [0.05, 0.1) is 0 Å². The molecule has 0 saturated heterocycles. The summed E-state index contributed by atoms with van der Waals surface area (Å²) in [6, 6.07) is 0. The zero-order valence-corrected chi connectivity index (χ0v) is 11.9. The van der Waals surface area contributed by atoms with Crippen molar-refractivity contribution in [3.8, 4) is 0 Å². The molecule has 0 aromatic rings. The zero-order valence-electron chi connectivity index (χ0n) is 10.8. The summed E-state index contributed by atoms with van der Waals surface area (Å²) in [7, 11) is 0. The first-order chi connectivity index (χ1) is 6.91. The Labute approximate surface area is 108 Å². The predicted molar refractivity (Wildman–Crippen MR) is 66.8 cm³/mol. The largest absolute Gasteiger partial charge is 2.00 e. The van der Waals surface area contributed by atoms with E-state index in [-0.39, 0.29) is 17.1 Å². The average molecular weight is 254 g/mol. The summed E-state index contributed by atoms with van der Waals surface area (Å²) in [5.41, 5.74) is 0. The summed E-state index contributed by atoms with van der Waals surface area (Å²) in [5, 5.41) is 0. The smallest absolute Gasteiger partial charge is 0.0654 e. The van der Waals surface area contributed by atoms with Gasteiger partial charge in [-0.2, -0.15) is 0 Å². The maximum Gasteiger partial charge on any atom is 2.00 e. The van der Waals surface area contributed by atoms with Crippen LogP contribution in [0.2, 0.25) is 0 Å². The van der Waals surface area contributed by atoms with E-state index in [0.29, 0.717) is 0 Å². The zero-order chi connectivity index (χ0) is 10.5. The van der Waals surface area contributed by atoms with Gasteiger partial charge in [-0.1, -0.05) is 90.9 Å². The first kappa shape index (κ1) is 17.9. The second kappa shape index (κ2) is 16.9. The van der Waals surface area contributed by atoms with Gasteiger partial charge in [0.25, 0.3) is 0 Å². The number of rotatable bonds is 11. The Kier molecular flexibility index (Phi) is 20.2. The van der Waals surface area contributed by atoms with Crippen LogP contribution in [0, 0.1) is 0 Å². The van der Waals surface area contributed by atoms with Crippen LogP contribution >= 0.6 is 0 Å². The van der Waals surface area contributed by atoms with E-state index in [9.17, 15) is 0 Å². The fourth-order valence-electron chi connectivity index (χ4n) is 1.91. The molecule has 0 saturated carbocycles. The molecular weight excluding hydrogens is 224 g/mol. The van der Waals surface area contributed by atoms with Gasteiger partial charge in [-0.3, -0.25) is 0 Å². The van der Waals surface area contributed by atoms with E-state index in [1.807, 2.05) is 0 Å². The second-order valence-corrected chi connectivity index (χ2v) is 4.54.